The van der Waals surface area contributed by atoms with Gasteiger partial charge in [0, 0.05) is 37.1 Å². The number of aliphatic imine (C=N–C) groups is 1. The smallest absolute Gasteiger partial charge is 0.227 e. The molecule has 0 saturated carbocycles. The molecule has 5 rings (SSSR count). The quantitative estimate of drug-likeness (QED) is 0.544. The van der Waals surface area contributed by atoms with Gasteiger partial charge in [-0.15, -0.1) is 0 Å². The monoisotopic (exact) mass is 461 g/mol. The summed E-state index contributed by atoms with van der Waals surface area (Å²) in [5.41, 5.74) is 3.83. The summed E-state index contributed by atoms with van der Waals surface area (Å²) in [6, 6.07) is 13.1. The summed E-state index contributed by atoms with van der Waals surface area (Å²) in [5, 5.41) is 3.23. The number of benzene rings is 2. The van der Waals surface area contributed by atoms with Crippen LogP contribution >= 0.6 is 0 Å². The second kappa shape index (κ2) is 9.87. The Bertz CT molecular complexity index is 1180. The van der Waals surface area contributed by atoms with Gasteiger partial charge in [-0.05, 0) is 49.7 Å². The Balaban J connectivity index is 1.31. The summed E-state index contributed by atoms with van der Waals surface area (Å²) in [6.07, 6.45) is 3.62. The van der Waals surface area contributed by atoms with E-state index in [1.165, 1.54) is 0 Å². The topological polar surface area (TPSA) is 71.9 Å². The molecule has 3 heterocycles. The minimum absolute atomic E-state index is 0.119. The van der Waals surface area contributed by atoms with E-state index in [1.54, 1.807) is 18.5 Å². The van der Waals surface area contributed by atoms with Gasteiger partial charge in [-0.2, -0.15) is 0 Å². The molecule has 8 heteroatoms. The lowest BCUT2D eigenvalue weighted by molar-refractivity contribution is 0.0337. The molecule has 0 radical (unpaired) electrons. The molecule has 176 valence electrons. The molecule has 1 saturated heterocycles. The molecule has 7 nitrogen and oxygen atoms in total. The van der Waals surface area contributed by atoms with Crippen LogP contribution in [0.2, 0.25) is 0 Å². The Labute approximate surface area is 198 Å². The van der Waals surface area contributed by atoms with Crippen LogP contribution < -0.4 is 10.1 Å². The Hall–Kier alpha value is -3.36. The number of anilines is 2. The number of halogens is 1. The van der Waals surface area contributed by atoms with Gasteiger partial charge in [-0.1, -0.05) is 12.1 Å². The van der Waals surface area contributed by atoms with Crippen LogP contribution in [0.15, 0.2) is 53.7 Å². The first-order chi connectivity index (χ1) is 16.5. The zero-order valence-electron chi connectivity index (χ0n) is 19.4. The van der Waals surface area contributed by atoms with Crippen molar-refractivity contribution in [3.05, 3.63) is 71.3 Å². The van der Waals surface area contributed by atoms with E-state index in [0.717, 1.165) is 35.8 Å². The van der Waals surface area contributed by atoms with E-state index in [-0.39, 0.29) is 17.8 Å². The van der Waals surface area contributed by atoms with Gasteiger partial charge in [0.1, 0.15) is 17.3 Å². The van der Waals surface area contributed by atoms with Crippen molar-refractivity contribution in [2.24, 2.45) is 4.99 Å². The fraction of sp³-hybridized carbons (Fsp3) is 0.346. The fourth-order valence-electron chi connectivity index (χ4n) is 4.15. The lowest BCUT2D eigenvalue weighted by atomic mass is 9.96. The van der Waals surface area contributed by atoms with Gasteiger partial charge in [-0.3, -0.25) is 9.89 Å². The summed E-state index contributed by atoms with van der Waals surface area (Å²) in [5.74, 6) is 0.855. The van der Waals surface area contributed by atoms with Crippen molar-refractivity contribution in [2.75, 3.05) is 31.6 Å². The predicted octanol–water partition coefficient (Wildman–Crippen LogP) is 4.83. The zero-order valence-corrected chi connectivity index (χ0v) is 19.4. The van der Waals surface area contributed by atoms with Gasteiger partial charge in [0.05, 0.1) is 37.1 Å². The molecule has 1 atom stereocenters. The number of hydrogen-bond acceptors (Lipinski definition) is 7. The zero-order chi connectivity index (χ0) is 23.5. The number of rotatable bonds is 7. The summed E-state index contributed by atoms with van der Waals surface area (Å²) < 4.78 is 26.0. The molecule has 1 aromatic heterocycles. The predicted molar refractivity (Wildman–Crippen MR) is 130 cm³/mol. The Morgan fingerprint density at radius 3 is 2.68 bits per heavy atom. The van der Waals surface area contributed by atoms with Gasteiger partial charge in [0.25, 0.3) is 0 Å². The molecule has 2 aliphatic heterocycles. The third-order valence-electron chi connectivity index (χ3n) is 5.87. The van der Waals surface area contributed by atoms with Crippen LogP contribution in [0.3, 0.4) is 0 Å². The lowest BCUT2D eigenvalue weighted by Crippen LogP contribution is -2.35. The maximum absolute atomic E-state index is 15.0. The van der Waals surface area contributed by atoms with Crippen molar-refractivity contribution >= 4 is 23.5 Å². The van der Waals surface area contributed by atoms with Crippen LogP contribution in [-0.2, 0) is 11.3 Å². The normalized spacial score (nSPS) is 17.7. The van der Waals surface area contributed by atoms with Crippen molar-refractivity contribution < 1.29 is 13.9 Å². The summed E-state index contributed by atoms with van der Waals surface area (Å²) >= 11 is 0. The number of hydrogen-bond donors (Lipinski definition) is 1. The highest BCUT2D eigenvalue weighted by Crippen LogP contribution is 2.36. The first kappa shape index (κ1) is 22.4. The second-order valence-electron chi connectivity index (χ2n) is 8.78. The lowest BCUT2D eigenvalue weighted by Gasteiger charge is -2.26. The molecule has 0 amide bonds. The van der Waals surface area contributed by atoms with E-state index in [0.29, 0.717) is 37.0 Å². The number of morpholine rings is 1. The van der Waals surface area contributed by atoms with Crippen molar-refractivity contribution in [1.82, 2.24) is 14.9 Å². The minimum atomic E-state index is -0.215. The van der Waals surface area contributed by atoms with Crippen LogP contribution in [0.5, 0.6) is 5.75 Å². The highest BCUT2D eigenvalue weighted by atomic mass is 19.1. The van der Waals surface area contributed by atoms with Gasteiger partial charge < -0.3 is 14.8 Å². The van der Waals surface area contributed by atoms with Crippen molar-refractivity contribution in [3.63, 3.8) is 0 Å². The largest absolute Gasteiger partial charge is 0.491 e. The van der Waals surface area contributed by atoms with Gasteiger partial charge in [0.15, 0.2) is 0 Å². The van der Waals surface area contributed by atoms with E-state index in [9.17, 15) is 4.39 Å². The van der Waals surface area contributed by atoms with Crippen LogP contribution in [0, 0.1) is 5.82 Å². The molecule has 1 N–H and O–H groups in total. The minimum Gasteiger partial charge on any atom is -0.491 e. The maximum atomic E-state index is 15.0. The SMILES string of the molecule is CC(C)Oc1ccc(Nc2ncc3c(n2)C(c2ccc(CN4CCOCC4)c(F)c2)C=N3)cc1. The van der Waals surface area contributed by atoms with Gasteiger partial charge >= 0.3 is 0 Å². The number of nitrogens with zero attached hydrogens (tertiary/aromatic N) is 4. The maximum Gasteiger partial charge on any atom is 0.227 e. The number of nitrogens with one attached hydrogen (secondary N) is 1. The molecule has 0 aliphatic carbocycles. The average Bonchev–Trinajstić information content (AvgIpc) is 3.25. The first-order valence-corrected chi connectivity index (χ1v) is 11.6. The van der Waals surface area contributed by atoms with Crippen LogP contribution in [-0.4, -0.2) is 53.5 Å². The molecule has 2 aliphatic rings. The molecule has 1 fully saturated rings. The standard InChI is InChI=1S/C26H28FN5O2/c1-17(2)34-21-7-5-20(6-8-21)30-26-29-15-24-25(31-26)22(14-28-24)18-3-4-19(23(27)13-18)16-32-9-11-33-12-10-32/h3-8,13-15,17,22H,9-12,16H2,1-2H3,(H,29,30,31). The van der Waals surface area contributed by atoms with Crippen molar-refractivity contribution in [1.29, 1.82) is 0 Å². The Kier molecular flexibility index (Phi) is 6.51. The van der Waals surface area contributed by atoms with E-state index in [2.05, 4.69) is 20.2 Å². The molecule has 1 unspecified atom stereocenters. The summed E-state index contributed by atoms with van der Waals surface area (Å²) in [7, 11) is 0. The van der Waals surface area contributed by atoms with Crippen molar-refractivity contribution in [3.8, 4) is 5.75 Å². The van der Waals surface area contributed by atoms with Crippen molar-refractivity contribution in [2.45, 2.75) is 32.4 Å². The molecule has 34 heavy (non-hydrogen) atoms. The van der Waals surface area contributed by atoms with Crippen LogP contribution in [0.4, 0.5) is 21.7 Å². The molecule has 0 spiro atoms. The average molecular weight is 462 g/mol. The molecular weight excluding hydrogens is 433 g/mol. The third-order valence-corrected chi connectivity index (χ3v) is 5.87. The Morgan fingerprint density at radius 2 is 1.94 bits per heavy atom. The Morgan fingerprint density at radius 1 is 1.15 bits per heavy atom. The summed E-state index contributed by atoms with van der Waals surface area (Å²) in [6.45, 7) is 7.61. The van der Waals surface area contributed by atoms with Crippen LogP contribution in [0.1, 0.15) is 36.6 Å². The summed E-state index contributed by atoms with van der Waals surface area (Å²) in [4.78, 5) is 15.7. The van der Waals surface area contributed by atoms with Crippen LogP contribution in [0.25, 0.3) is 0 Å². The van der Waals surface area contributed by atoms with E-state index >= 15 is 0 Å². The highest BCUT2D eigenvalue weighted by Gasteiger charge is 2.25. The van der Waals surface area contributed by atoms with Gasteiger partial charge in [0.2, 0.25) is 5.95 Å². The van der Waals surface area contributed by atoms with Gasteiger partial charge in [-0.25, -0.2) is 14.4 Å². The molecule has 0 bridgehead atoms. The highest BCUT2D eigenvalue weighted by molar-refractivity contribution is 5.83. The number of aromatic nitrogens is 2. The number of fused-ring (bicyclic) bond motifs is 1. The van der Waals surface area contributed by atoms with E-state index < -0.39 is 0 Å². The fourth-order valence-corrected chi connectivity index (χ4v) is 4.15. The molecule has 2 aromatic carbocycles. The first-order valence-electron chi connectivity index (χ1n) is 11.6. The third kappa shape index (κ3) is 5.08. The van der Waals surface area contributed by atoms with E-state index in [1.807, 2.05) is 50.2 Å². The molecule has 3 aromatic rings. The number of ether oxygens (including phenoxy) is 2. The molecular formula is C26H28FN5O2. The van der Waals surface area contributed by atoms with E-state index in [4.69, 9.17) is 14.5 Å². The second-order valence-corrected chi connectivity index (χ2v) is 8.78.